The van der Waals surface area contributed by atoms with Gasteiger partial charge in [0.25, 0.3) is 0 Å². The molecule has 168 valence electrons. The molecule has 1 saturated heterocycles. The molecule has 0 aromatic heterocycles. The molecule has 3 unspecified atom stereocenters. The standard InChI is InChI=1S/C25H38O5/c1-2-3-6-11-21(30-25-14-9-10-19-29-25)17-15-20-16-18-23(26)22(20)12-7-4-5-8-13-24(27)28/h4,7,15-18,20-22,25H,2-3,5-6,8-14,19H2,1H3,(H,27,28)/t20?,21-,22?,25?/m1/s1. The maximum absolute atomic E-state index is 12.3. The van der Waals surface area contributed by atoms with Crippen LogP contribution in [0.5, 0.6) is 0 Å². The zero-order valence-corrected chi connectivity index (χ0v) is 18.3. The fraction of sp³-hybridized carbons (Fsp3) is 0.680. The van der Waals surface area contributed by atoms with Gasteiger partial charge in [-0.25, -0.2) is 0 Å². The number of aliphatic carboxylic acids is 1. The summed E-state index contributed by atoms with van der Waals surface area (Å²) in [5, 5.41) is 8.68. The lowest BCUT2D eigenvalue weighted by Crippen LogP contribution is -2.27. The van der Waals surface area contributed by atoms with E-state index in [2.05, 4.69) is 19.1 Å². The van der Waals surface area contributed by atoms with Crippen molar-refractivity contribution in [3.8, 4) is 0 Å². The van der Waals surface area contributed by atoms with Crippen LogP contribution in [0, 0.1) is 11.8 Å². The topological polar surface area (TPSA) is 72.8 Å². The largest absolute Gasteiger partial charge is 0.481 e. The molecule has 2 rings (SSSR count). The predicted molar refractivity (Wildman–Crippen MR) is 118 cm³/mol. The second-order valence-electron chi connectivity index (χ2n) is 8.29. The van der Waals surface area contributed by atoms with Gasteiger partial charge in [-0.1, -0.05) is 56.6 Å². The minimum absolute atomic E-state index is 0.0240. The van der Waals surface area contributed by atoms with Gasteiger partial charge in [0.2, 0.25) is 0 Å². The van der Waals surface area contributed by atoms with E-state index in [1.165, 1.54) is 12.8 Å². The second kappa shape index (κ2) is 14.3. The van der Waals surface area contributed by atoms with Crippen LogP contribution in [-0.4, -0.2) is 35.9 Å². The summed E-state index contributed by atoms with van der Waals surface area (Å²) >= 11 is 0. The Morgan fingerprint density at radius 1 is 1.30 bits per heavy atom. The molecule has 1 N–H and O–H groups in total. The highest BCUT2D eigenvalue weighted by Crippen LogP contribution is 2.28. The van der Waals surface area contributed by atoms with Crippen LogP contribution in [-0.2, 0) is 19.1 Å². The summed E-state index contributed by atoms with van der Waals surface area (Å²) in [6, 6.07) is 0. The number of hydrogen-bond donors (Lipinski definition) is 1. The number of carboxylic acids is 1. The van der Waals surface area contributed by atoms with Crippen LogP contribution >= 0.6 is 0 Å². The molecule has 0 radical (unpaired) electrons. The Balaban J connectivity index is 1.87. The molecule has 1 aliphatic carbocycles. The summed E-state index contributed by atoms with van der Waals surface area (Å²) in [6.07, 6.45) is 21.8. The fourth-order valence-corrected chi connectivity index (χ4v) is 3.93. The Morgan fingerprint density at radius 3 is 2.90 bits per heavy atom. The van der Waals surface area contributed by atoms with E-state index in [4.69, 9.17) is 14.6 Å². The predicted octanol–water partition coefficient (Wildman–Crippen LogP) is 5.61. The van der Waals surface area contributed by atoms with Crippen molar-refractivity contribution in [2.45, 2.75) is 89.9 Å². The monoisotopic (exact) mass is 418 g/mol. The Hall–Kier alpha value is -1.72. The smallest absolute Gasteiger partial charge is 0.303 e. The first-order chi connectivity index (χ1) is 14.6. The molecule has 5 heteroatoms. The maximum Gasteiger partial charge on any atom is 0.303 e. The van der Waals surface area contributed by atoms with Crippen molar-refractivity contribution >= 4 is 11.8 Å². The van der Waals surface area contributed by atoms with E-state index in [-0.39, 0.29) is 36.4 Å². The highest BCUT2D eigenvalue weighted by atomic mass is 16.7. The van der Waals surface area contributed by atoms with E-state index < -0.39 is 5.97 Å². The molecule has 0 aromatic carbocycles. The van der Waals surface area contributed by atoms with Crippen molar-refractivity contribution in [3.05, 3.63) is 36.5 Å². The molecular weight excluding hydrogens is 380 g/mol. The Kier molecular flexibility index (Phi) is 11.7. The summed E-state index contributed by atoms with van der Waals surface area (Å²) in [5.74, 6) is -0.582. The van der Waals surface area contributed by atoms with Crippen LogP contribution in [0.15, 0.2) is 36.5 Å². The summed E-state index contributed by atoms with van der Waals surface area (Å²) in [7, 11) is 0. The lowest BCUT2D eigenvalue weighted by Gasteiger charge is -2.27. The van der Waals surface area contributed by atoms with E-state index in [9.17, 15) is 9.59 Å². The zero-order chi connectivity index (χ0) is 21.6. The number of rotatable bonds is 14. The molecule has 0 saturated carbocycles. The summed E-state index contributed by atoms with van der Waals surface area (Å²) in [5.41, 5.74) is 0. The van der Waals surface area contributed by atoms with Gasteiger partial charge in [-0.15, -0.1) is 0 Å². The molecule has 0 spiro atoms. The number of allylic oxidation sites excluding steroid dienone is 5. The molecule has 0 aromatic rings. The third-order valence-corrected chi connectivity index (χ3v) is 5.74. The summed E-state index contributed by atoms with van der Waals surface area (Å²) in [4.78, 5) is 22.8. The van der Waals surface area contributed by atoms with Crippen molar-refractivity contribution in [2.75, 3.05) is 6.61 Å². The zero-order valence-electron chi connectivity index (χ0n) is 18.3. The molecular formula is C25H38O5. The van der Waals surface area contributed by atoms with E-state index in [0.717, 1.165) is 45.1 Å². The van der Waals surface area contributed by atoms with Crippen LogP contribution in [0.1, 0.15) is 77.6 Å². The number of carbonyl (C=O) groups excluding carboxylic acids is 1. The van der Waals surface area contributed by atoms with Crippen molar-refractivity contribution in [2.24, 2.45) is 11.8 Å². The highest BCUT2D eigenvalue weighted by Gasteiger charge is 2.27. The number of carbonyl (C=O) groups is 2. The van der Waals surface area contributed by atoms with E-state index >= 15 is 0 Å². The summed E-state index contributed by atoms with van der Waals surface area (Å²) in [6.45, 7) is 2.97. The van der Waals surface area contributed by atoms with Crippen LogP contribution in [0.4, 0.5) is 0 Å². The molecule has 0 bridgehead atoms. The molecule has 4 atom stereocenters. The number of ketones is 1. The quantitative estimate of drug-likeness (QED) is 0.293. The Bertz CT molecular complexity index is 601. The van der Waals surface area contributed by atoms with Crippen molar-refractivity contribution in [1.29, 1.82) is 0 Å². The van der Waals surface area contributed by atoms with E-state index in [0.29, 0.717) is 12.8 Å². The third kappa shape index (κ3) is 9.40. The van der Waals surface area contributed by atoms with Crippen LogP contribution < -0.4 is 0 Å². The van der Waals surface area contributed by atoms with Crippen LogP contribution in [0.25, 0.3) is 0 Å². The van der Waals surface area contributed by atoms with Gasteiger partial charge in [-0.05, 0) is 51.0 Å². The fourth-order valence-electron chi connectivity index (χ4n) is 3.93. The molecule has 0 amide bonds. The van der Waals surface area contributed by atoms with Crippen molar-refractivity contribution in [1.82, 2.24) is 0 Å². The van der Waals surface area contributed by atoms with Crippen molar-refractivity contribution in [3.63, 3.8) is 0 Å². The first kappa shape index (κ1) is 24.5. The lowest BCUT2D eigenvalue weighted by molar-refractivity contribution is -0.179. The number of hydrogen-bond acceptors (Lipinski definition) is 4. The van der Waals surface area contributed by atoms with E-state index in [1.807, 2.05) is 18.2 Å². The average Bonchev–Trinajstić information content (AvgIpc) is 3.09. The minimum Gasteiger partial charge on any atom is -0.481 e. The third-order valence-electron chi connectivity index (χ3n) is 5.74. The first-order valence-corrected chi connectivity index (χ1v) is 11.6. The van der Waals surface area contributed by atoms with Gasteiger partial charge < -0.3 is 14.6 Å². The molecule has 2 aliphatic rings. The van der Waals surface area contributed by atoms with Gasteiger partial charge in [0.05, 0.1) is 6.10 Å². The summed E-state index contributed by atoms with van der Waals surface area (Å²) < 4.78 is 12.0. The minimum atomic E-state index is -0.766. The number of unbranched alkanes of at least 4 members (excludes halogenated alkanes) is 3. The van der Waals surface area contributed by atoms with Crippen molar-refractivity contribution < 1.29 is 24.2 Å². The second-order valence-corrected chi connectivity index (χ2v) is 8.29. The molecule has 5 nitrogen and oxygen atoms in total. The van der Waals surface area contributed by atoms with E-state index in [1.54, 1.807) is 6.08 Å². The van der Waals surface area contributed by atoms with Crippen LogP contribution in [0.3, 0.4) is 0 Å². The molecule has 30 heavy (non-hydrogen) atoms. The average molecular weight is 419 g/mol. The maximum atomic E-state index is 12.3. The van der Waals surface area contributed by atoms with Gasteiger partial charge in [0.15, 0.2) is 12.1 Å². The van der Waals surface area contributed by atoms with Gasteiger partial charge in [0.1, 0.15) is 0 Å². The van der Waals surface area contributed by atoms with Gasteiger partial charge >= 0.3 is 5.97 Å². The Labute approximate surface area is 181 Å². The molecule has 1 fully saturated rings. The normalized spacial score (nSPS) is 25.5. The lowest BCUT2D eigenvalue weighted by atomic mass is 9.90. The molecule has 1 heterocycles. The SMILES string of the molecule is CCCCC[C@H](C=CC1C=CC(=O)C1CC=CCCCC(=O)O)OC1CCCCO1. The van der Waals surface area contributed by atoms with Gasteiger partial charge in [0, 0.05) is 24.9 Å². The van der Waals surface area contributed by atoms with Crippen LogP contribution in [0.2, 0.25) is 0 Å². The first-order valence-electron chi connectivity index (χ1n) is 11.6. The Morgan fingerprint density at radius 2 is 2.17 bits per heavy atom. The molecule has 1 aliphatic heterocycles. The highest BCUT2D eigenvalue weighted by molar-refractivity contribution is 5.95. The number of carboxylic acid groups (broad SMARTS) is 1. The van der Waals surface area contributed by atoms with Gasteiger partial charge in [-0.2, -0.15) is 0 Å². The number of ether oxygens (including phenoxy) is 2. The van der Waals surface area contributed by atoms with Gasteiger partial charge in [-0.3, -0.25) is 9.59 Å².